The summed E-state index contributed by atoms with van der Waals surface area (Å²) in [6, 6.07) is 18.9. The number of carbonyl (C=O) groups is 3. The normalized spacial score (nSPS) is 17.5. The van der Waals surface area contributed by atoms with E-state index >= 15 is 0 Å². The highest BCUT2D eigenvalue weighted by Gasteiger charge is 2.48. The third-order valence-electron chi connectivity index (χ3n) is 6.78. The SMILES string of the molecule is COc1ccc(CCC2(C)NC(=O)N(CC(=O)c3cc(C)n(Cc4ccccc4)c3C)C2=O)cc1. The Morgan fingerprint density at radius 1 is 1.00 bits per heavy atom. The van der Waals surface area contributed by atoms with Crippen molar-refractivity contribution in [2.75, 3.05) is 13.7 Å². The van der Waals surface area contributed by atoms with Gasteiger partial charge >= 0.3 is 6.03 Å². The van der Waals surface area contributed by atoms with E-state index in [1.807, 2.05) is 74.5 Å². The first-order valence-corrected chi connectivity index (χ1v) is 11.7. The van der Waals surface area contributed by atoms with Crippen molar-refractivity contribution in [2.24, 2.45) is 0 Å². The Labute approximate surface area is 205 Å². The maximum atomic E-state index is 13.2. The molecule has 3 aromatic rings. The second-order valence-corrected chi connectivity index (χ2v) is 9.28. The lowest BCUT2D eigenvalue weighted by Gasteiger charge is -2.21. The Kier molecular flexibility index (Phi) is 6.78. The van der Waals surface area contributed by atoms with Crippen LogP contribution in [0.5, 0.6) is 5.75 Å². The number of hydrogen-bond donors (Lipinski definition) is 1. The van der Waals surface area contributed by atoms with Gasteiger partial charge < -0.3 is 14.6 Å². The number of imide groups is 1. The van der Waals surface area contributed by atoms with Crippen LogP contribution in [-0.4, -0.2) is 46.4 Å². The number of amides is 3. The molecular weight excluding hydrogens is 442 g/mol. The first-order valence-electron chi connectivity index (χ1n) is 11.7. The van der Waals surface area contributed by atoms with E-state index in [-0.39, 0.29) is 18.2 Å². The summed E-state index contributed by atoms with van der Waals surface area (Å²) in [5.74, 6) is 0.140. The number of ether oxygens (including phenoxy) is 1. The molecule has 1 aliphatic rings. The standard InChI is InChI=1S/C28H31N3O4/c1-19-16-24(20(2)30(19)17-22-8-6-5-7-9-22)25(32)18-31-26(33)28(3,29-27(31)34)15-14-21-10-12-23(35-4)13-11-21/h5-13,16H,14-15,17-18H2,1-4H3,(H,29,34). The van der Waals surface area contributed by atoms with Crippen LogP contribution < -0.4 is 10.1 Å². The number of nitrogens with zero attached hydrogens (tertiary/aromatic N) is 2. The highest BCUT2D eigenvalue weighted by Crippen LogP contribution is 2.25. The number of ketones is 1. The molecule has 4 rings (SSSR count). The average Bonchev–Trinajstić information content (AvgIpc) is 3.25. The summed E-state index contributed by atoms with van der Waals surface area (Å²) in [6.07, 6.45) is 1.04. The molecule has 35 heavy (non-hydrogen) atoms. The van der Waals surface area contributed by atoms with Gasteiger partial charge in [-0.1, -0.05) is 42.5 Å². The number of urea groups is 1. The fraction of sp³-hybridized carbons (Fsp3) is 0.321. The van der Waals surface area contributed by atoms with Crippen LogP contribution in [0.2, 0.25) is 0 Å². The van der Waals surface area contributed by atoms with Gasteiger partial charge in [-0.15, -0.1) is 0 Å². The molecule has 1 atom stereocenters. The van der Waals surface area contributed by atoms with Crippen molar-refractivity contribution < 1.29 is 19.1 Å². The van der Waals surface area contributed by atoms with E-state index in [4.69, 9.17) is 4.74 Å². The minimum absolute atomic E-state index is 0.250. The van der Waals surface area contributed by atoms with E-state index < -0.39 is 11.6 Å². The molecule has 3 amide bonds. The van der Waals surface area contributed by atoms with Gasteiger partial charge in [-0.3, -0.25) is 14.5 Å². The molecule has 0 radical (unpaired) electrons. The molecule has 1 unspecified atom stereocenters. The lowest BCUT2D eigenvalue weighted by molar-refractivity contribution is -0.130. The average molecular weight is 474 g/mol. The number of aryl methyl sites for hydroxylation is 2. The Balaban J connectivity index is 1.44. The van der Waals surface area contributed by atoms with E-state index in [2.05, 4.69) is 9.88 Å². The summed E-state index contributed by atoms with van der Waals surface area (Å²) in [6.45, 7) is 5.94. The van der Waals surface area contributed by atoms with E-state index in [1.54, 1.807) is 14.0 Å². The highest BCUT2D eigenvalue weighted by molar-refractivity contribution is 6.11. The molecule has 2 heterocycles. The van der Waals surface area contributed by atoms with E-state index in [0.717, 1.165) is 33.2 Å². The molecule has 1 fully saturated rings. The second kappa shape index (κ2) is 9.78. The van der Waals surface area contributed by atoms with Gasteiger partial charge in [-0.05, 0) is 62.9 Å². The molecule has 0 aliphatic carbocycles. The minimum Gasteiger partial charge on any atom is -0.497 e. The molecule has 1 N–H and O–H groups in total. The van der Waals surface area contributed by atoms with Crippen LogP contribution in [0.15, 0.2) is 60.7 Å². The van der Waals surface area contributed by atoms with Gasteiger partial charge in [0.05, 0.1) is 13.7 Å². The van der Waals surface area contributed by atoms with Crippen molar-refractivity contribution in [1.82, 2.24) is 14.8 Å². The zero-order valence-electron chi connectivity index (χ0n) is 20.6. The predicted octanol–water partition coefficient (Wildman–Crippen LogP) is 4.29. The Morgan fingerprint density at radius 3 is 2.34 bits per heavy atom. The fourth-order valence-electron chi connectivity index (χ4n) is 4.57. The van der Waals surface area contributed by atoms with E-state index in [1.165, 1.54) is 0 Å². The zero-order valence-corrected chi connectivity index (χ0v) is 20.6. The van der Waals surface area contributed by atoms with E-state index in [9.17, 15) is 14.4 Å². The summed E-state index contributed by atoms with van der Waals surface area (Å²) in [5.41, 5.74) is 3.43. The maximum absolute atomic E-state index is 13.2. The van der Waals surface area contributed by atoms with Crippen molar-refractivity contribution in [3.8, 4) is 5.75 Å². The lowest BCUT2D eigenvalue weighted by Crippen LogP contribution is -2.44. The van der Waals surface area contributed by atoms with Crippen LogP contribution in [-0.2, 0) is 17.8 Å². The number of benzene rings is 2. The molecule has 1 saturated heterocycles. The molecule has 0 spiro atoms. The van der Waals surface area contributed by atoms with Crippen LogP contribution in [0, 0.1) is 13.8 Å². The van der Waals surface area contributed by atoms with Crippen LogP contribution in [0.25, 0.3) is 0 Å². The molecule has 0 saturated carbocycles. The van der Waals surface area contributed by atoms with Gasteiger partial charge in [0.25, 0.3) is 5.91 Å². The number of carbonyl (C=O) groups excluding carboxylic acids is 3. The number of Topliss-reactive ketones (excluding diaryl/α,β-unsaturated/α-hetero) is 1. The third kappa shape index (κ3) is 4.99. The molecule has 182 valence electrons. The molecular formula is C28H31N3O4. The maximum Gasteiger partial charge on any atom is 0.325 e. The van der Waals surface area contributed by atoms with Crippen molar-refractivity contribution in [2.45, 2.75) is 45.7 Å². The van der Waals surface area contributed by atoms with Gasteiger partial charge in [0.1, 0.15) is 11.3 Å². The van der Waals surface area contributed by atoms with Gasteiger partial charge in [-0.2, -0.15) is 0 Å². The fourth-order valence-corrected chi connectivity index (χ4v) is 4.57. The summed E-state index contributed by atoms with van der Waals surface area (Å²) in [5, 5.41) is 2.80. The monoisotopic (exact) mass is 473 g/mol. The summed E-state index contributed by atoms with van der Waals surface area (Å²) in [4.78, 5) is 40.1. The van der Waals surface area contributed by atoms with Crippen LogP contribution >= 0.6 is 0 Å². The quantitative estimate of drug-likeness (QED) is 0.371. The number of aromatic nitrogens is 1. The van der Waals surface area contributed by atoms with Gasteiger partial charge in [0.2, 0.25) is 0 Å². The molecule has 2 aromatic carbocycles. The molecule has 1 aliphatic heterocycles. The topological polar surface area (TPSA) is 80.6 Å². The minimum atomic E-state index is -1.05. The molecule has 7 heteroatoms. The van der Waals surface area contributed by atoms with Crippen LogP contribution in [0.1, 0.15) is 46.2 Å². The summed E-state index contributed by atoms with van der Waals surface area (Å²) >= 11 is 0. The lowest BCUT2D eigenvalue weighted by atomic mass is 9.93. The zero-order chi connectivity index (χ0) is 25.2. The number of rotatable bonds is 9. The highest BCUT2D eigenvalue weighted by atomic mass is 16.5. The van der Waals surface area contributed by atoms with E-state index in [0.29, 0.717) is 24.9 Å². The Hall–Kier alpha value is -3.87. The van der Waals surface area contributed by atoms with Crippen molar-refractivity contribution in [3.63, 3.8) is 0 Å². The summed E-state index contributed by atoms with van der Waals surface area (Å²) in [7, 11) is 1.61. The number of hydrogen-bond acceptors (Lipinski definition) is 4. The number of methoxy groups -OCH3 is 1. The smallest absolute Gasteiger partial charge is 0.325 e. The van der Waals surface area contributed by atoms with Gasteiger partial charge in [0, 0.05) is 23.5 Å². The van der Waals surface area contributed by atoms with Crippen molar-refractivity contribution in [3.05, 3.63) is 88.7 Å². The second-order valence-electron chi connectivity index (χ2n) is 9.28. The first-order chi connectivity index (χ1) is 16.7. The van der Waals surface area contributed by atoms with Gasteiger partial charge in [-0.25, -0.2) is 4.79 Å². The van der Waals surface area contributed by atoms with Crippen molar-refractivity contribution in [1.29, 1.82) is 0 Å². The Bertz CT molecular complexity index is 1250. The molecule has 7 nitrogen and oxygen atoms in total. The largest absolute Gasteiger partial charge is 0.497 e. The molecule has 1 aromatic heterocycles. The molecule has 0 bridgehead atoms. The third-order valence-corrected chi connectivity index (χ3v) is 6.78. The first kappa shape index (κ1) is 24.3. The van der Waals surface area contributed by atoms with Crippen LogP contribution in [0.4, 0.5) is 4.79 Å². The number of nitrogens with one attached hydrogen (secondary N) is 1. The Morgan fingerprint density at radius 2 is 1.69 bits per heavy atom. The van der Waals surface area contributed by atoms with Crippen LogP contribution in [0.3, 0.4) is 0 Å². The van der Waals surface area contributed by atoms with Gasteiger partial charge in [0.15, 0.2) is 5.78 Å². The van der Waals surface area contributed by atoms with Crippen molar-refractivity contribution >= 4 is 17.7 Å². The predicted molar refractivity (Wildman–Crippen MR) is 134 cm³/mol. The summed E-state index contributed by atoms with van der Waals surface area (Å²) < 4.78 is 7.26.